The highest BCUT2D eigenvalue weighted by Crippen LogP contribution is 2.30. The van der Waals surface area contributed by atoms with Gasteiger partial charge in [-0.3, -0.25) is 15.1 Å². The van der Waals surface area contributed by atoms with Gasteiger partial charge in [-0.25, -0.2) is 0 Å². The fraction of sp³-hybridized carbons (Fsp3) is 0.545. The van der Waals surface area contributed by atoms with Crippen LogP contribution in [-0.4, -0.2) is 16.5 Å². The van der Waals surface area contributed by atoms with E-state index in [-0.39, 0.29) is 5.69 Å². The molecule has 5 nitrogen and oxygen atoms in total. The number of hydrogen-bond acceptors (Lipinski definition) is 4. The van der Waals surface area contributed by atoms with E-state index in [1.54, 1.807) is 6.20 Å². The first-order valence-electron chi connectivity index (χ1n) is 5.54. The molecule has 17 heavy (non-hydrogen) atoms. The molecule has 0 aliphatic rings. The number of nitrogens with one attached hydrogen (secondary N) is 1. The molecule has 0 aliphatic heterocycles. The summed E-state index contributed by atoms with van der Waals surface area (Å²) < 4.78 is 0.622. The highest BCUT2D eigenvalue weighted by molar-refractivity contribution is 9.10. The summed E-state index contributed by atoms with van der Waals surface area (Å²) in [5.74, 6) is 0.646. The molecular formula is C11H16BrN3O2. The minimum Gasteiger partial charge on any atom is -0.378 e. The minimum absolute atomic E-state index is 0.00363. The Morgan fingerprint density at radius 3 is 2.82 bits per heavy atom. The Balaban J connectivity index is 2.66. The Hall–Kier alpha value is -1.17. The fourth-order valence-electron chi connectivity index (χ4n) is 1.46. The first kappa shape index (κ1) is 13.9. The zero-order valence-electron chi connectivity index (χ0n) is 9.94. The lowest BCUT2D eigenvalue weighted by atomic mass is 10.1. The first-order valence-corrected chi connectivity index (χ1v) is 6.33. The summed E-state index contributed by atoms with van der Waals surface area (Å²) in [6.45, 7) is 5.04. The van der Waals surface area contributed by atoms with Crippen molar-refractivity contribution in [3.05, 3.63) is 27.0 Å². The number of nitro groups is 1. The number of rotatable bonds is 6. The van der Waals surface area contributed by atoms with Crippen LogP contribution >= 0.6 is 15.9 Å². The first-order chi connectivity index (χ1) is 8.02. The number of halogens is 1. The molecule has 0 bridgehead atoms. The van der Waals surface area contributed by atoms with E-state index in [4.69, 9.17) is 0 Å². The Morgan fingerprint density at radius 1 is 1.53 bits per heavy atom. The van der Waals surface area contributed by atoms with Gasteiger partial charge in [0.15, 0.2) is 0 Å². The van der Waals surface area contributed by atoms with E-state index in [0.29, 0.717) is 16.1 Å². The average molecular weight is 302 g/mol. The molecule has 0 amide bonds. The van der Waals surface area contributed by atoms with Gasteiger partial charge in [0.25, 0.3) is 0 Å². The average Bonchev–Trinajstić information content (AvgIpc) is 2.25. The van der Waals surface area contributed by atoms with Crippen molar-refractivity contribution in [2.24, 2.45) is 5.92 Å². The van der Waals surface area contributed by atoms with E-state index < -0.39 is 4.92 Å². The predicted octanol–water partition coefficient (Wildman–Crippen LogP) is 3.60. The van der Waals surface area contributed by atoms with Gasteiger partial charge in [-0.1, -0.05) is 13.8 Å². The lowest BCUT2D eigenvalue weighted by molar-refractivity contribution is -0.384. The van der Waals surface area contributed by atoms with Crippen LogP contribution in [0.4, 0.5) is 11.4 Å². The third kappa shape index (κ3) is 4.30. The third-order valence-electron chi connectivity index (χ3n) is 2.34. The van der Waals surface area contributed by atoms with Gasteiger partial charge in [-0.05, 0) is 34.7 Å². The van der Waals surface area contributed by atoms with E-state index in [1.807, 2.05) is 0 Å². The van der Waals surface area contributed by atoms with Crippen LogP contribution in [0.3, 0.4) is 0 Å². The second kappa shape index (κ2) is 6.54. The van der Waals surface area contributed by atoms with E-state index in [9.17, 15) is 10.1 Å². The van der Waals surface area contributed by atoms with Crippen molar-refractivity contribution in [3.8, 4) is 0 Å². The van der Waals surface area contributed by atoms with Crippen molar-refractivity contribution in [1.82, 2.24) is 4.98 Å². The largest absolute Gasteiger partial charge is 0.378 e. The van der Waals surface area contributed by atoms with E-state index >= 15 is 0 Å². The third-order valence-corrected chi connectivity index (χ3v) is 2.94. The van der Waals surface area contributed by atoms with Crippen LogP contribution in [0.1, 0.15) is 26.7 Å². The highest BCUT2D eigenvalue weighted by Gasteiger charge is 2.16. The van der Waals surface area contributed by atoms with Crippen molar-refractivity contribution < 1.29 is 4.92 Å². The van der Waals surface area contributed by atoms with Crippen LogP contribution < -0.4 is 5.32 Å². The maximum Gasteiger partial charge on any atom is 0.311 e. The summed E-state index contributed by atoms with van der Waals surface area (Å²) in [7, 11) is 0. The number of aromatic nitrogens is 1. The smallest absolute Gasteiger partial charge is 0.311 e. The normalized spacial score (nSPS) is 10.6. The SMILES string of the molecule is CC(C)CCCNc1c(Br)cncc1[N+](=O)[O-]. The fourth-order valence-corrected chi connectivity index (χ4v) is 1.92. The summed E-state index contributed by atoms with van der Waals surface area (Å²) in [5.41, 5.74) is 0.512. The van der Waals surface area contributed by atoms with Crippen LogP contribution in [0.5, 0.6) is 0 Å². The van der Waals surface area contributed by atoms with Crippen molar-refractivity contribution >= 4 is 27.3 Å². The molecule has 1 rings (SSSR count). The maximum absolute atomic E-state index is 10.8. The maximum atomic E-state index is 10.8. The Labute approximate surface area is 109 Å². The summed E-state index contributed by atoms with van der Waals surface area (Å²) in [4.78, 5) is 14.2. The molecular weight excluding hydrogens is 286 g/mol. The quantitative estimate of drug-likeness (QED) is 0.495. The lowest BCUT2D eigenvalue weighted by Crippen LogP contribution is -2.06. The summed E-state index contributed by atoms with van der Waals surface area (Å²) in [6, 6.07) is 0. The van der Waals surface area contributed by atoms with Gasteiger partial charge in [0, 0.05) is 12.7 Å². The highest BCUT2D eigenvalue weighted by atomic mass is 79.9. The molecule has 1 heterocycles. The van der Waals surface area contributed by atoms with Gasteiger partial charge in [0.2, 0.25) is 0 Å². The Bertz CT molecular complexity index is 396. The van der Waals surface area contributed by atoms with E-state index in [1.165, 1.54) is 6.20 Å². The topological polar surface area (TPSA) is 68.1 Å². The molecule has 1 aromatic rings. The Morgan fingerprint density at radius 2 is 2.24 bits per heavy atom. The molecule has 0 saturated carbocycles. The van der Waals surface area contributed by atoms with Gasteiger partial charge in [0.1, 0.15) is 11.9 Å². The Kier molecular flexibility index (Phi) is 5.34. The molecule has 1 N–H and O–H groups in total. The van der Waals surface area contributed by atoms with Crippen molar-refractivity contribution in [3.63, 3.8) is 0 Å². The van der Waals surface area contributed by atoms with Gasteiger partial charge in [-0.2, -0.15) is 0 Å². The zero-order valence-corrected chi connectivity index (χ0v) is 11.5. The van der Waals surface area contributed by atoms with Crippen LogP contribution in [0.15, 0.2) is 16.9 Å². The van der Waals surface area contributed by atoms with Gasteiger partial charge in [-0.15, -0.1) is 0 Å². The van der Waals surface area contributed by atoms with Gasteiger partial charge < -0.3 is 5.32 Å². The number of nitrogens with zero attached hydrogens (tertiary/aromatic N) is 2. The molecule has 0 fully saturated rings. The van der Waals surface area contributed by atoms with Crippen LogP contribution in [0.25, 0.3) is 0 Å². The van der Waals surface area contributed by atoms with Gasteiger partial charge in [0.05, 0.1) is 9.40 Å². The minimum atomic E-state index is -0.428. The number of hydrogen-bond donors (Lipinski definition) is 1. The molecule has 94 valence electrons. The molecule has 0 unspecified atom stereocenters. The van der Waals surface area contributed by atoms with Gasteiger partial charge >= 0.3 is 5.69 Å². The van der Waals surface area contributed by atoms with Crippen molar-refractivity contribution in [1.29, 1.82) is 0 Å². The monoisotopic (exact) mass is 301 g/mol. The standard InChI is InChI=1S/C11H16BrN3O2/c1-8(2)4-3-5-14-11-9(12)6-13-7-10(11)15(16)17/h6-8H,3-5H2,1-2H3,(H,13,14). The van der Waals surface area contributed by atoms with Crippen LogP contribution in [0.2, 0.25) is 0 Å². The molecule has 0 spiro atoms. The summed E-state index contributed by atoms with van der Waals surface area (Å²) in [6.07, 6.45) is 4.90. The van der Waals surface area contributed by atoms with Crippen molar-refractivity contribution in [2.75, 3.05) is 11.9 Å². The molecule has 0 aliphatic carbocycles. The molecule has 0 atom stereocenters. The summed E-state index contributed by atoms with van der Waals surface area (Å²) in [5, 5.41) is 13.9. The molecule has 0 saturated heterocycles. The predicted molar refractivity (Wildman–Crippen MR) is 71.2 cm³/mol. The van der Waals surface area contributed by atoms with Crippen LogP contribution in [-0.2, 0) is 0 Å². The zero-order chi connectivity index (χ0) is 12.8. The number of pyridine rings is 1. The second-order valence-electron chi connectivity index (χ2n) is 4.24. The lowest BCUT2D eigenvalue weighted by Gasteiger charge is -2.09. The molecule has 0 aromatic carbocycles. The van der Waals surface area contributed by atoms with Crippen LogP contribution in [0, 0.1) is 16.0 Å². The molecule has 1 aromatic heterocycles. The molecule has 6 heteroatoms. The van der Waals surface area contributed by atoms with Crippen molar-refractivity contribution in [2.45, 2.75) is 26.7 Å². The molecule has 0 radical (unpaired) electrons. The van der Waals surface area contributed by atoms with E-state index in [2.05, 4.69) is 40.1 Å². The van der Waals surface area contributed by atoms with E-state index in [0.717, 1.165) is 19.4 Å². The summed E-state index contributed by atoms with van der Waals surface area (Å²) >= 11 is 3.27. The second-order valence-corrected chi connectivity index (χ2v) is 5.09. The number of anilines is 1.